The first-order valence-electron chi connectivity index (χ1n) is 5.34. The van der Waals surface area contributed by atoms with Gasteiger partial charge in [-0.1, -0.05) is 0 Å². The van der Waals surface area contributed by atoms with Gasteiger partial charge >= 0.3 is 12.1 Å². The molecule has 1 aliphatic heterocycles. The van der Waals surface area contributed by atoms with Crippen LogP contribution in [0.1, 0.15) is 25.7 Å². The highest BCUT2D eigenvalue weighted by Gasteiger charge is 2.34. The van der Waals surface area contributed by atoms with Gasteiger partial charge in [-0.2, -0.15) is 0 Å². The molecule has 84 valence electrons. The SMILES string of the molecule is O=C(O)C1CCC(N2CCOC2=O)CC1. The molecule has 2 fully saturated rings. The summed E-state index contributed by atoms with van der Waals surface area (Å²) in [5, 5.41) is 8.84. The van der Waals surface area contributed by atoms with Crippen LogP contribution in [-0.4, -0.2) is 41.3 Å². The maximum absolute atomic E-state index is 11.3. The van der Waals surface area contributed by atoms with Crippen LogP contribution in [0.3, 0.4) is 0 Å². The average Bonchev–Trinajstić information content (AvgIpc) is 2.65. The van der Waals surface area contributed by atoms with Crippen LogP contribution >= 0.6 is 0 Å². The second-order valence-electron chi connectivity index (χ2n) is 4.15. The van der Waals surface area contributed by atoms with Gasteiger partial charge in [0.1, 0.15) is 6.61 Å². The number of hydrogen-bond acceptors (Lipinski definition) is 3. The van der Waals surface area contributed by atoms with Crippen molar-refractivity contribution in [2.75, 3.05) is 13.2 Å². The Balaban J connectivity index is 1.87. The zero-order valence-corrected chi connectivity index (χ0v) is 8.52. The number of amides is 1. The molecule has 0 bridgehead atoms. The van der Waals surface area contributed by atoms with Gasteiger partial charge < -0.3 is 14.7 Å². The summed E-state index contributed by atoms with van der Waals surface area (Å²) >= 11 is 0. The van der Waals surface area contributed by atoms with E-state index in [0.717, 1.165) is 12.8 Å². The molecule has 2 rings (SSSR count). The maximum Gasteiger partial charge on any atom is 0.410 e. The van der Waals surface area contributed by atoms with E-state index in [9.17, 15) is 9.59 Å². The molecule has 15 heavy (non-hydrogen) atoms. The number of carboxylic acids is 1. The van der Waals surface area contributed by atoms with Crippen molar-refractivity contribution >= 4 is 12.1 Å². The fourth-order valence-corrected chi connectivity index (χ4v) is 2.37. The molecule has 1 N–H and O–H groups in total. The van der Waals surface area contributed by atoms with E-state index in [2.05, 4.69) is 0 Å². The van der Waals surface area contributed by atoms with Crippen molar-refractivity contribution in [3.05, 3.63) is 0 Å². The second kappa shape index (κ2) is 4.08. The Morgan fingerprint density at radius 3 is 2.47 bits per heavy atom. The minimum atomic E-state index is -0.711. The fourth-order valence-electron chi connectivity index (χ4n) is 2.37. The normalized spacial score (nSPS) is 31.5. The number of carboxylic acid groups (broad SMARTS) is 1. The lowest BCUT2D eigenvalue weighted by Gasteiger charge is -2.31. The summed E-state index contributed by atoms with van der Waals surface area (Å²) < 4.78 is 4.86. The highest BCUT2D eigenvalue weighted by Crippen LogP contribution is 2.29. The summed E-state index contributed by atoms with van der Waals surface area (Å²) in [6.45, 7) is 1.12. The first-order valence-corrected chi connectivity index (χ1v) is 5.34. The van der Waals surface area contributed by atoms with E-state index in [1.54, 1.807) is 4.90 Å². The van der Waals surface area contributed by atoms with Gasteiger partial charge in [-0.25, -0.2) is 4.79 Å². The number of rotatable bonds is 2. The average molecular weight is 213 g/mol. The Hall–Kier alpha value is -1.26. The Morgan fingerprint density at radius 2 is 2.00 bits per heavy atom. The van der Waals surface area contributed by atoms with Crippen LogP contribution < -0.4 is 0 Å². The first kappa shape index (κ1) is 10.3. The molecule has 5 nitrogen and oxygen atoms in total. The minimum absolute atomic E-state index is 0.190. The molecule has 5 heteroatoms. The Bertz CT molecular complexity index is 271. The topological polar surface area (TPSA) is 66.8 Å². The van der Waals surface area contributed by atoms with Gasteiger partial charge in [0.05, 0.1) is 12.5 Å². The highest BCUT2D eigenvalue weighted by molar-refractivity contribution is 5.71. The van der Waals surface area contributed by atoms with Crippen LogP contribution in [0, 0.1) is 5.92 Å². The summed E-state index contributed by atoms with van der Waals surface area (Å²) in [6, 6.07) is 0.190. The van der Waals surface area contributed by atoms with E-state index in [4.69, 9.17) is 9.84 Å². The largest absolute Gasteiger partial charge is 0.481 e. The Kier molecular flexibility index (Phi) is 2.79. The maximum atomic E-state index is 11.3. The number of carbonyl (C=O) groups is 2. The zero-order valence-electron chi connectivity index (χ0n) is 8.52. The predicted molar refractivity (Wildman–Crippen MR) is 51.4 cm³/mol. The van der Waals surface area contributed by atoms with Crippen LogP contribution in [0.25, 0.3) is 0 Å². The Labute approximate surface area is 88.0 Å². The summed E-state index contributed by atoms with van der Waals surface area (Å²) in [4.78, 5) is 23.8. The molecule has 2 aliphatic rings. The van der Waals surface area contributed by atoms with Gasteiger partial charge in [-0.3, -0.25) is 4.79 Å². The van der Waals surface area contributed by atoms with Crippen molar-refractivity contribution in [2.24, 2.45) is 5.92 Å². The van der Waals surface area contributed by atoms with Crippen LogP contribution in [0.5, 0.6) is 0 Å². The summed E-state index contributed by atoms with van der Waals surface area (Å²) in [6.07, 6.45) is 2.67. The highest BCUT2D eigenvalue weighted by atomic mass is 16.6. The van der Waals surface area contributed by atoms with Gasteiger partial charge in [-0.15, -0.1) is 0 Å². The third-order valence-corrected chi connectivity index (χ3v) is 3.28. The molecule has 0 aromatic rings. The fraction of sp³-hybridized carbons (Fsp3) is 0.800. The van der Waals surface area contributed by atoms with Gasteiger partial charge in [0, 0.05) is 6.04 Å². The third-order valence-electron chi connectivity index (χ3n) is 3.28. The van der Waals surface area contributed by atoms with Crippen LogP contribution in [0.15, 0.2) is 0 Å². The molecule has 0 spiro atoms. The van der Waals surface area contributed by atoms with Gasteiger partial charge in [-0.05, 0) is 25.7 Å². The second-order valence-corrected chi connectivity index (χ2v) is 4.15. The molecular formula is C10H15NO4. The van der Waals surface area contributed by atoms with Crippen molar-refractivity contribution in [3.63, 3.8) is 0 Å². The van der Waals surface area contributed by atoms with Crippen molar-refractivity contribution in [2.45, 2.75) is 31.7 Å². The molecule has 0 radical (unpaired) electrons. The molecule has 1 saturated heterocycles. The summed E-state index contributed by atoms with van der Waals surface area (Å²) in [5.41, 5.74) is 0. The summed E-state index contributed by atoms with van der Waals surface area (Å²) in [5.74, 6) is -0.933. The quantitative estimate of drug-likeness (QED) is 0.745. The van der Waals surface area contributed by atoms with E-state index < -0.39 is 5.97 Å². The third kappa shape index (κ3) is 2.06. The van der Waals surface area contributed by atoms with Crippen LogP contribution in [-0.2, 0) is 9.53 Å². The monoisotopic (exact) mass is 213 g/mol. The summed E-state index contributed by atoms with van der Waals surface area (Å²) in [7, 11) is 0. The van der Waals surface area contributed by atoms with Gasteiger partial charge in [0.25, 0.3) is 0 Å². The lowest BCUT2D eigenvalue weighted by Crippen LogP contribution is -2.39. The molecule has 0 unspecified atom stereocenters. The molecule has 1 aliphatic carbocycles. The lowest BCUT2D eigenvalue weighted by molar-refractivity contribution is -0.143. The Morgan fingerprint density at radius 1 is 1.33 bits per heavy atom. The standard InChI is InChI=1S/C10H15NO4/c12-9(13)7-1-3-8(4-2-7)11-5-6-15-10(11)14/h7-8H,1-6H2,(H,12,13). The van der Waals surface area contributed by atoms with Gasteiger partial charge in [0.15, 0.2) is 0 Å². The van der Waals surface area contributed by atoms with Gasteiger partial charge in [0.2, 0.25) is 0 Å². The molecule has 1 amide bonds. The zero-order chi connectivity index (χ0) is 10.8. The van der Waals surface area contributed by atoms with E-state index in [0.29, 0.717) is 26.0 Å². The number of hydrogen-bond donors (Lipinski definition) is 1. The van der Waals surface area contributed by atoms with E-state index >= 15 is 0 Å². The van der Waals surface area contributed by atoms with Crippen LogP contribution in [0.2, 0.25) is 0 Å². The molecular weight excluding hydrogens is 198 g/mol. The number of aliphatic carboxylic acids is 1. The van der Waals surface area contributed by atoms with Crippen molar-refractivity contribution in [3.8, 4) is 0 Å². The lowest BCUT2D eigenvalue weighted by atomic mass is 9.85. The molecule has 1 saturated carbocycles. The molecule has 1 heterocycles. The number of cyclic esters (lactones) is 1. The predicted octanol–water partition coefficient (Wildman–Crippen LogP) is 1.08. The van der Waals surface area contributed by atoms with Crippen molar-refractivity contribution in [1.29, 1.82) is 0 Å². The van der Waals surface area contributed by atoms with Crippen molar-refractivity contribution < 1.29 is 19.4 Å². The first-order chi connectivity index (χ1) is 7.18. The van der Waals surface area contributed by atoms with Crippen molar-refractivity contribution in [1.82, 2.24) is 4.90 Å². The minimum Gasteiger partial charge on any atom is -0.481 e. The molecule has 0 aromatic heterocycles. The van der Waals surface area contributed by atoms with Crippen LogP contribution in [0.4, 0.5) is 4.79 Å². The number of ether oxygens (including phenoxy) is 1. The number of nitrogens with zero attached hydrogens (tertiary/aromatic N) is 1. The van der Waals surface area contributed by atoms with E-state index in [1.807, 2.05) is 0 Å². The molecule has 0 aromatic carbocycles. The van der Waals surface area contributed by atoms with E-state index in [-0.39, 0.29) is 18.1 Å². The number of carbonyl (C=O) groups excluding carboxylic acids is 1. The smallest absolute Gasteiger partial charge is 0.410 e. The molecule has 0 atom stereocenters. The van der Waals surface area contributed by atoms with E-state index in [1.165, 1.54) is 0 Å².